The second kappa shape index (κ2) is 7.43. The molecular formula is C14H18ClF2NO. The van der Waals surface area contributed by atoms with Crippen molar-refractivity contribution >= 4 is 17.5 Å². The van der Waals surface area contributed by atoms with E-state index < -0.39 is 11.6 Å². The third-order valence-electron chi connectivity index (χ3n) is 3.14. The lowest BCUT2D eigenvalue weighted by Crippen LogP contribution is -2.41. The van der Waals surface area contributed by atoms with Gasteiger partial charge in [0.05, 0.1) is 0 Å². The summed E-state index contributed by atoms with van der Waals surface area (Å²) in [5.74, 6) is -1.97. The van der Waals surface area contributed by atoms with Gasteiger partial charge in [0.1, 0.15) is 0 Å². The zero-order valence-electron chi connectivity index (χ0n) is 11.1. The number of hydrogen-bond acceptors (Lipinski definition) is 1. The van der Waals surface area contributed by atoms with E-state index in [0.29, 0.717) is 12.4 Å². The molecule has 0 saturated heterocycles. The average molecular weight is 290 g/mol. The van der Waals surface area contributed by atoms with E-state index in [9.17, 15) is 13.6 Å². The molecule has 0 aliphatic rings. The molecule has 5 heteroatoms. The van der Waals surface area contributed by atoms with Gasteiger partial charge in [-0.2, -0.15) is 0 Å². The zero-order valence-corrected chi connectivity index (χ0v) is 11.9. The minimum absolute atomic E-state index is 0.0550. The summed E-state index contributed by atoms with van der Waals surface area (Å²) in [4.78, 5) is 14.0. The molecule has 19 heavy (non-hydrogen) atoms. The van der Waals surface area contributed by atoms with Gasteiger partial charge in [0, 0.05) is 24.0 Å². The van der Waals surface area contributed by atoms with Crippen molar-refractivity contribution in [2.24, 2.45) is 0 Å². The largest absolute Gasteiger partial charge is 0.334 e. The molecule has 0 aliphatic heterocycles. The number of hydrogen-bond donors (Lipinski definition) is 0. The van der Waals surface area contributed by atoms with Crippen LogP contribution in [0.3, 0.4) is 0 Å². The minimum Gasteiger partial charge on any atom is -0.334 e. The summed E-state index contributed by atoms with van der Waals surface area (Å²) in [7, 11) is 0. The van der Waals surface area contributed by atoms with E-state index in [4.69, 9.17) is 11.6 Å². The lowest BCUT2D eigenvalue weighted by molar-refractivity contribution is 0.0681. The van der Waals surface area contributed by atoms with Gasteiger partial charge in [0.15, 0.2) is 11.6 Å². The summed E-state index contributed by atoms with van der Waals surface area (Å²) in [6.45, 7) is 4.35. The van der Waals surface area contributed by atoms with Crippen LogP contribution in [-0.4, -0.2) is 29.3 Å². The number of carbonyl (C=O) groups excluding carboxylic acids is 1. The average Bonchev–Trinajstić information content (AvgIpc) is 2.41. The highest BCUT2D eigenvalue weighted by Crippen LogP contribution is 2.16. The molecule has 0 saturated carbocycles. The molecule has 1 aromatic carbocycles. The first-order chi connectivity index (χ1) is 9.04. The molecule has 0 fully saturated rings. The molecule has 0 heterocycles. The number of rotatable bonds is 6. The molecule has 2 nitrogen and oxygen atoms in total. The predicted octanol–water partition coefficient (Wildman–Crippen LogP) is 3.83. The molecule has 0 bridgehead atoms. The van der Waals surface area contributed by atoms with Gasteiger partial charge in [-0.05, 0) is 31.0 Å². The van der Waals surface area contributed by atoms with Gasteiger partial charge in [0.25, 0.3) is 5.91 Å². The van der Waals surface area contributed by atoms with Gasteiger partial charge in [-0.3, -0.25) is 4.79 Å². The number of nitrogens with zero attached hydrogens (tertiary/aromatic N) is 1. The molecule has 0 N–H and O–H groups in total. The molecule has 0 atom stereocenters. The number of halogens is 3. The molecular weight excluding hydrogens is 272 g/mol. The Kier molecular flexibility index (Phi) is 6.22. The molecule has 0 unspecified atom stereocenters. The highest BCUT2D eigenvalue weighted by molar-refractivity contribution is 6.18. The van der Waals surface area contributed by atoms with Gasteiger partial charge in [0.2, 0.25) is 0 Å². The van der Waals surface area contributed by atoms with Crippen LogP contribution in [0.2, 0.25) is 0 Å². The van der Waals surface area contributed by atoms with E-state index in [2.05, 4.69) is 0 Å². The van der Waals surface area contributed by atoms with Crippen molar-refractivity contribution < 1.29 is 13.6 Å². The maximum absolute atomic E-state index is 13.2. The van der Waals surface area contributed by atoms with E-state index in [1.165, 1.54) is 6.07 Å². The molecule has 106 valence electrons. The molecule has 1 amide bonds. The zero-order chi connectivity index (χ0) is 14.4. The van der Waals surface area contributed by atoms with E-state index in [1.54, 1.807) is 4.90 Å². The Hall–Kier alpha value is -1.16. The fourth-order valence-corrected chi connectivity index (χ4v) is 2.25. The molecule has 0 aromatic heterocycles. The maximum atomic E-state index is 13.2. The lowest BCUT2D eigenvalue weighted by Gasteiger charge is -2.30. The van der Waals surface area contributed by atoms with Crippen molar-refractivity contribution in [3.8, 4) is 0 Å². The Balaban J connectivity index is 3.01. The molecule has 0 radical (unpaired) electrons. The van der Waals surface area contributed by atoms with E-state index in [1.807, 2.05) is 13.8 Å². The quantitative estimate of drug-likeness (QED) is 0.729. The van der Waals surface area contributed by atoms with Crippen LogP contribution < -0.4 is 0 Å². The second-order valence-electron chi connectivity index (χ2n) is 4.29. The van der Waals surface area contributed by atoms with Crippen LogP contribution >= 0.6 is 11.6 Å². The molecule has 1 rings (SSSR count). The van der Waals surface area contributed by atoms with Crippen LogP contribution in [0.1, 0.15) is 37.0 Å². The number of alkyl halides is 1. The Morgan fingerprint density at radius 1 is 1.26 bits per heavy atom. The van der Waals surface area contributed by atoms with Crippen LogP contribution in [0.4, 0.5) is 8.78 Å². The van der Waals surface area contributed by atoms with Gasteiger partial charge >= 0.3 is 0 Å². The Labute approximate surface area is 117 Å². The van der Waals surface area contributed by atoms with Crippen LogP contribution in [0, 0.1) is 11.6 Å². The normalized spacial score (nSPS) is 10.8. The summed E-state index contributed by atoms with van der Waals surface area (Å²) in [6.07, 6.45) is 1.59. The molecule has 1 aromatic rings. The number of benzene rings is 1. The first kappa shape index (κ1) is 15.9. The lowest BCUT2D eigenvalue weighted by atomic mass is 10.1. The first-order valence-electron chi connectivity index (χ1n) is 6.37. The number of amides is 1. The van der Waals surface area contributed by atoms with Crippen LogP contribution in [0.5, 0.6) is 0 Å². The third-order valence-corrected chi connectivity index (χ3v) is 3.31. The SMILES string of the molecule is CCC(CC)N(CCCl)C(=O)c1ccc(F)c(F)c1. The van der Waals surface area contributed by atoms with Gasteiger partial charge < -0.3 is 4.90 Å². The Morgan fingerprint density at radius 2 is 1.89 bits per heavy atom. The Bertz CT molecular complexity index is 435. The summed E-state index contributed by atoms with van der Waals surface area (Å²) >= 11 is 5.71. The fraction of sp³-hybridized carbons (Fsp3) is 0.500. The van der Waals surface area contributed by atoms with Gasteiger partial charge in [-0.1, -0.05) is 13.8 Å². The van der Waals surface area contributed by atoms with Crippen LogP contribution in [-0.2, 0) is 0 Å². The van der Waals surface area contributed by atoms with Crippen LogP contribution in [0.15, 0.2) is 18.2 Å². The van der Waals surface area contributed by atoms with Crippen molar-refractivity contribution in [1.29, 1.82) is 0 Å². The smallest absolute Gasteiger partial charge is 0.254 e. The van der Waals surface area contributed by atoms with Crippen molar-refractivity contribution in [3.05, 3.63) is 35.4 Å². The summed E-state index contributed by atoms with van der Waals surface area (Å²) in [5.41, 5.74) is 0.149. The maximum Gasteiger partial charge on any atom is 0.254 e. The van der Waals surface area contributed by atoms with Crippen molar-refractivity contribution in [2.45, 2.75) is 32.7 Å². The number of carbonyl (C=O) groups is 1. The van der Waals surface area contributed by atoms with Crippen molar-refractivity contribution in [3.63, 3.8) is 0 Å². The summed E-state index contributed by atoms with van der Waals surface area (Å²) in [6, 6.07) is 3.25. The second-order valence-corrected chi connectivity index (χ2v) is 4.66. The monoisotopic (exact) mass is 289 g/mol. The third kappa shape index (κ3) is 3.90. The van der Waals surface area contributed by atoms with Crippen LogP contribution in [0.25, 0.3) is 0 Å². The van der Waals surface area contributed by atoms with Gasteiger partial charge in [-0.15, -0.1) is 11.6 Å². The highest BCUT2D eigenvalue weighted by atomic mass is 35.5. The van der Waals surface area contributed by atoms with Gasteiger partial charge in [-0.25, -0.2) is 8.78 Å². The first-order valence-corrected chi connectivity index (χ1v) is 6.90. The van der Waals surface area contributed by atoms with E-state index >= 15 is 0 Å². The standard InChI is InChI=1S/C14H18ClF2NO/c1-3-11(4-2)18(8-7-15)14(19)10-5-6-12(16)13(17)9-10/h5-6,9,11H,3-4,7-8H2,1-2H3. The van der Waals surface area contributed by atoms with E-state index in [-0.39, 0.29) is 17.5 Å². The van der Waals surface area contributed by atoms with E-state index in [0.717, 1.165) is 25.0 Å². The molecule has 0 aliphatic carbocycles. The topological polar surface area (TPSA) is 20.3 Å². The minimum atomic E-state index is -1.01. The predicted molar refractivity (Wildman–Crippen MR) is 72.5 cm³/mol. The van der Waals surface area contributed by atoms with Crippen molar-refractivity contribution in [2.75, 3.05) is 12.4 Å². The Morgan fingerprint density at radius 3 is 2.37 bits per heavy atom. The summed E-state index contributed by atoms with van der Waals surface area (Å²) < 4.78 is 26.1. The highest BCUT2D eigenvalue weighted by Gasteiger charge is 2.22. The summed E-state index contributed by atoms with van der Waals surface area (Å²) in [5, 5.41) is 0. The van der Waals surface area contributed by atoms with Crippen molar-refractivity contribution in [1.82, 2.24) is 4.90 Å². The fourth-order valence-electron chi connectivity index (χ4n) is 2.07. The molecule has 0 spiro atoms.